The van der Waals surface area contributed by atoms with E-state index in [9.17, 15) is 9.90 Å². The van der Waals surface area contributed by atoms with Crippen LogP contribution in [0.2, 0.25) is 0 Å². The van der Waals surface area contributed by atoms with Crippen LogP contribution in [0.1, 0.15) is 107 Å². The minimum Gasteiger partial charge on any atom is -0.396 e. The van der Waals surface area contributed by atoms with Crippen molar-refractivity contribution in [2.24, 2.45) is 11.8 Å². The summed E-state index contributed by atoms with van der Waals surface area (Å²) in [5.41, 5.74) is 2.85. The van der Waals surface area contributed by atoms with Gasteiger partial charge in [-0.2, -0.15) is 0 Å². The standard InChI is InChI=1S/C26H40N2O2/c1-4-7-10-20(18-29)15-25(30)21-13-14-24-23(17-21)27-26(16-19-11-8-9-12-19)28(24)22(5-2)6-3/h13-14,17,19-20,22,29H,4-12,15-16,18H2,1-3H3/t20-/m1/s1. The van der Waals surface area contributed by atoms with Crippen molar-refractivity contribution in [3.8, 4) is 0 Å². The zero-order valence-electron chi connectivity index (χ0n) is 19.2. The summed E-state index contributed by atoms with van der Waals surface area (Å²) in [6, 6.07) is 6.52. The monoisotopic (exact) mass is 412 g/mol. The number of hydrogen-bond donors (Lipinski definition) is 1. The number of aliphatic hydroxyl groups is 1. The van der Waals surface area contributed by atoms with Gasteiger partial charge in [0.2, 0.25) is 0 Å². The van der Waals surface area contributed by atoms with E-state index < -0.39 is 0 Å². The van der Waals surface area contributed by atoms with Gasteiger partial charge in [-0.15, -0.1) is 0 Å². The highest BCUT2D eigenvalue weighted by molar-refractivity contribution is 5.99. The zero-order valence-corrected chi connectivity index (χ0v) is 19.2. The van der Waals surface area contributed by atoms with Gasteiger partial charge in [0, 0.05) is 31.1 Å². The summed E-state index contributed by atoms with van der Waals surface area (Å²) in [4.78, 5) is 17.9. The summed E-state index contributed by atoms with van der Waals surface area (Å²) in [5, 5.41) is 9.64. The van der Waals surface area contributed by atoms with Crippen molar-refractivity contribution in [2.75, 3.05) is 6.61 Å². The lowest BCUT2D eigenvalue weighted by Gasteiger charge is -2.20. The second-order valence-corrected chi connectivity index (χ2v) is 9.24. The SMILES string of the molecule is CCCC[C@@H](CO)CC(=O)c1ccc2c(c1)nc(CC1CCCC1)n2C(CC)CC. The van der Waals surface area contributed by atoms with Crippen molar-refractivity contribution in [1.29, 1.82) is 0 Å². The Kier molecular flexibility index (Phi) is 8.50. The molecule has 0 unspecified atom stereocenters. The molecule has 1 aliphatic carbocycles. The van der Waals surface area contributed by atoms with Crippen LogP contribution in [0.4, 0.5) is 0 Å². The minimum atomic E-state index is 0.0631. The van der Waals surface area contributed by atoms with Gasteiger partial charge in [-0.05, 0) is 49.3 Å². The number of benzene rings is 1. The Morgan fingerprint density at radius 3 is 2.57 bits per heavy atom. The molecule has 2 aromatic rings. The summed E-state index contributed by atoms with van der Waals surface area (Å²) in [7, 11) is 0. The molecule has 30 heavy (non-hydrogen) atoms. The van der Waals surface area contributed by atoms with E-state index in [1.54, 1.807) is 0 Å². The van der Waals surface area contributed by atoms with Gasteiger partial charge < -0.3 is 9.67 Å². The summed E-state index contributed by atoms with van der Waals surface area (Å²) in [6.45, 7) is 6.73. The fourth-order valence-corrected chi connectivity index (χ4v) is 5.13. The number of fused-ring (bicyclic) bond motifs is 1. The topological polar surface area (TPSA) is 55.1 Å². The number of aliphatic hydroxyl groups excluding tert-OH is 1. The predicted octanol–water partition coefficient (Wildman–Crippen LogP) is 6.50. The van der Waals surface area contributed by atoms with Crippen LogP contribution >= 0.6 is 0 Å². The van der Waals surface area contributed by atoms with E-state index in [0.717, 1.165) is 61.0 Å². The van der Waals surface area contributed by atoms with Gasteiger partial charge in [0.05, 0.1) is 11.0 Å². The number of aromatic nitrogens is 2. The second-order valence-electron chi connectivity index (χ2n) is 9.24. The largest absolute Gasteiger partial charge is 0.396 e. The number of nitrogens with zero attached hydrogens (tertiary/aromatic N) is 2. The van der Waals surface area contributed by atoms with E-state index in [1.165, 1.54) is 31.5 Å². The first-order valence-electron chi connectivity index (χ1n) is 12.3. The molecule has 0 bridgehead atoms. The van der Waals surface area contributed by atoms with E-state index in [-0.39, 0.29) is 18.3 Å². The van der Waals surface area contributed by atoms with Gasteiger partial charge in [-0.3, -0.25) is 4.79 Å². The third-order valence-corrected chi connectivity index (χ3v) is 7.04. The number of rotatable bonds is 12. The van der Waals surface area contributed by atoms with Crippen molar-refractivity contribution in [2.45, 2.75) is 97.4 Å². The number of carbonyl (C=O) groups excluding carboxylic acids is 1. The Labute approximate surface area is 182 Å². The first-order valence-corrected chi connectivity index (χ1v) is 12.3. The zero-order chi connectivity index (χ0) is 21.5. The van der Waals surface area contributed by atoms with Crippen molar-refractivity contribution in [3.63, 3.8) is 0 Å². The molecule has 1 heterocycles. The maximum atomic E-state index is 12.9. The third kappa shape index (κ3) is 5.32. The second kappa shape index (κ2) is 11.1. The molecule has 0 saturated heterocycles. The van der Waals surface area contributed by atoms with Crippen LogP contribution in [0.15, 0.2) is 18.2 Å². The maximum Gasteiger partial charge on any atom is 0.163 e. The number of imidazole rings is 1. The molecule has 0 spiro atoms. The molecule has 0 aliphatic heterocycles. The third-order valence-electron chi connectivity index (χ3n) is 7.04. The molecule has 0 amide bonds. The van der Waals surface area contributed by atoms with Gasteiger partial charge in [-0.1, -0.05) is 59.3 Å². The molecule has 1 N–H and O–H groups in total. The maximum absolute atomic E-state index is 12.9. The predicted molar refractivity (Wildman–Crippen MR) is 124 cm³/mol. The average molecular weight is 413 g/mol. The van der Waals surface area contributed by atoms with Crippen LogP contribution in [-0.2, 0) is 6.42 Å². The fraction of sp³-hybridized carbons (Fsp3) is 0.692. The minimum absolute atomic E-state index is 0.0631. The first-order chi connectivity index (χ1) is 14.6. The lowest BCUT2D eigenvalue weighted by atomic mass is 9.94. The van der Waals surface area contributed by atoms with E-state index in [4.69, 9.17) is 4.98 Å². The van der Waals surface area contributed by atoms with Crippen molar-refractivity contribution in [3.05, 3.63) is 29.6 Å². The molecule has 4 heteroatoms. The van der Waals surface area contributed by atoms with E-state index in [1.807, 2.05) is 12.1 Å². The smallest absolute Gasteiger partial charge is 0.163 e. The molecule has 1 aliphatic rings. The van der Waals surface area contributed by atoms with Crippen LogP contribution in [0, 0.1) is 11.8 Å². The molecule has 4 nitrogen and oxygen atoms in total. The van der Waals surface area contributed by atoms with E-state index in [0.29, 0.717) is 12.5 Å². The van der Waals surface area contributed by atoms with Crippen molar-refractivity contribution < 1.29 is 9.90 Å². The highest BCUT2D eigenvalue weighted by atomic mass is 16.3. The van der Waals surface area contributed by atoms with Gasteiger partial charge >= 0.3 is 0 Å². The molecular formula is C26H40N2O2. The summed E-state index contributed by atoms with van der Waals surface area (Å²) >= 11 is 0. The van der Waals surface area contributed by atoms with Crippen molar-refractivity contribution in [1.82, 2.24) is 9.55 Å². The molecule has 1 fully saturated rings. The lowest BCUT2D eigenvalue weighted by Crippen LogP contribution is -2.14. The Hall–Kier alpha value is -1.68. The van der Waals surface area contributed by atoms with E-state index in [2.05, 4.69) is 31.4 Å². The summed E-state index contributed by atoms with van der Waals surface area (Å²) in [5.74, 6) is 2.14. The Balaban J connectivity index is 1.88. The Morgan fingerprint density at radius 2 is 1.93 bits per heavy atom. The average Bonchev–Trinajstić information content (AvgIpc) is 3.39. The van der Waals surface area contributed by atoms with Gasteiger partial charge in [-0.25, -0.2) is 4.98 Å². The van der Waals surface area contributed by atoms with Gasteiger partial charge in [0.15, 0.2) is 5.78 Å². The molecule has 1 atom stereocenters. The molecule has 1 aromatic carbocycles. The number of hydrogen-bond acceptors (Lipinski definition) is 3. The Morgan fingerprint density at radius 1 is 1.20 bits per heavy atom. The summed E-state index contributed by atoms with van der Waals surface area (Å²) in [6.07, 6.45) is 12.0. The molecule has 3 rings (SSSR count). The first kappa shape index (κ1) is 23.0. The Bertz CT molecular complexity index is 816. The quantitative estimate of drug-likeness (QED) is 0.405. The van der Waals surface area contributed by atoms with Crippen LogP contribution in [0.5, 0.6) is 0 Å². The number of ketones is 1. The van der Waals surface area contributed by atoms with Crippen LogP contribution < -0.4 is 0 Å². The number of unbranched alkanes of at least 4 members (excludes halogenated alkanes) is 1. The normalized spacial score (nSPS) is 16.0. The van der Waals surface area contributed by atoms with Crippen LogP contribution in [0.25, 0.3) is 11.0 Å². The lowest BCUT2D eigenvalue weighted by molar-refractivity contribution is 0.0930. The molecule has 0 radical (unpaired) electrons. The van der Waals surface area contributed by atoms with E-state index >= 15 is 0 Å². The molecule has 166 valence electrons. The van der Waals surface area contributed by atoms with Gasteiger partial charge in [0.1, 0.15) is 5.82 Å². The highest BCUT2D eigenvalue weighted by Gasteiger charge is 2.23. The van der Waals surface area contributed by atoms with Crippen molar-refractivity contribution >= 4 is 16.8 Å². The number of Topliss-reactive ketones (excluding diaryl/α,β-unsaturated/α-hetero) is 1. The molecule has 1 saturated carbocycles. The highest BCUT2D eigenvalue weighted by Crippen LogP contribution is 2.32. The van der Waals surface area contributed by atoms with Crippen LogP contribution in [0.3, 0.4) is 0 Å². The fourth-order valence-electron chi connectivity index (χ4n) is 5.13. The summed E-state index contributed by atoms with van der Waals surface area (Å²) < 4.78 is 2.46. The number of carbonyl (C=O) groups is 1. The molecule has 1 aromatic heterocycles. The van der Waals surface area contributed by atoms with Gasteiger partial charge in [0.25, 0.3) is 0 Å². The molecular weight excluding hydrogens is 372 g/mol. The van der Waals surface area contributed by atoms with Crippen LogP contribution in [-0.4, -0.2) is 27.0 Å².